The predicted molar refractivity (Wildman–Crippen MR) is 125 cm³/mol. The van der Waals surface area contributed by atoms with Crippen molar-refractivity contribution in [2.24, 2.45) is 0 Å². The van der Waals surface area contributed by atoms with Crippen molar-refractivity contribution in [2.45, 2.75) is 39.0 Å². The number of amides is 1. The molecule has 162 valence electrons. The quantitative estimate of drug-likeness (QED) is 0.599. The first kappa shape index (κ1) is 22.3. The van der Waals surface area contributed by atoms with Gasteiger partial charge in [-0.1, -0.05) is 58.0 Å². The van der Waals surface area contributed by atoms with Gasteiger partial charge in [0.05, 0.1) is 12.7 Å². The van der Waals surface area contributed by atoms with Crippen LogP contribution in [-0.4, -0.2) is 24.5 Å². The molecule has 0 aliphatic heterocycles. The molecule has 0 saturated heterocycles. The van der Waals surface area contributed by atoms with Crippen LogP contribution in [0.3, 0.4) is 0 Å². The third-order valence-electron chi connectivity index (χ3n) is 5.41. The SMILES string of the molecule is COc1c(C(=O)NCC(C)c2ccccc2)cc(-c2ccc[nH]c2=O)cc1C(C)(C)C. The van der Waals surface area contributed by atoms with E-state index in [9.17, 15) is 9.59 Å². The number of H-pyrrole nitrogens is 1. The van der Waals surface area contributed by atoms with Gasteiger partial charge in [-0.2, -0.15) is 0 Å². The van der Waals surface area contributed by atoms with E-state index in [1.807, 2.05) is 24.3 Å². The summed E-state index contributed by atoms with van der Waals surface area (Å²) in [6.07, 6.45) is 1.60. The topological polar surface area (TPSA) is 71.2 Å². The first-order valence-corrected chi connectivity index (χ1v) is 10.5. The minimum Gasteiger partial charge on any atom is -0.496 e. The monoisotopic (exact) mass is 418 g/mol. The van der Waals surface area contributed by atoms with E-state index in [4.69, 9.17) is 4.74 Å². The highest BCUT2D eigenvalue weighted by Crippen LogP contribution is 2.37. The van der Waals surface area contributed by atoms with Crippen molar-refractivity contribution >= 4 is 5.91 Å². The summed E-state index contributed by atoms with van der Waals surface area (Å²) in [5, 5.41) is 3.04. The Balaban J connectivity index is 2.01. The Morgan fingerprint density at radius 3 is 2.42 bits per heavy atom. The molecule has 1 atom stereocenters. The average molecular weight is 419 g/mol. The molecule has 0 fully saturated rings. The zero-order valence-corrected chi connectivity index (χ0v) is 18.8. The fraction of sp³-hybridized carbons (Fsp3) is 0.308. The van der Waals surface area contributed by atoms with Crippen molar-refractivity contribution in [1.82, 2.24) is 10.3 Å². The third-order valence-corrected chi connectivity index (χ3v) is 5.41. The molecule has 0 saturated carbocycles. The Morgan fingerprint density at radius 2 is 1.81 bits per heavy atom. The van der Waals surface area contributed by atoms with Crippen LogP contribution in [0.15, 0.2) is 65.6 Å². The zero-order chi connectivity index (χ0) is 22.6. The van der Waals surface area contributed by atoms with Crippen LogP contribution in [0.25, 0.3) is 11.1 Å². The molecule has 2 aromatic carbocycles. The highest BCUT2D eigenvalue weighted by atomic mass is 16.5. The van der Waals surface area contributed by atoms with Gasteiger partial charge >= 0.3 is 0 Å². The lowest BCUT2D eigenvalue weighted by Gasteiger charge is -2.25. The van der Waals surface area contributed by atoms with E-state index < -0.39 is 0 Å². The molecule has 3 aromatic rings. The Labute approximate surface area is 183 Å². The number of carbonyl (C=O) groups is 1. The molecule has 0 aliphatic rings. The normalized spacial score (nSPS) is 12.3. The van der Waals surface area contributed by atoms with Gasteiger partial charge in [0.25, 0.3) is 11.5 Å². The Bertz CT molecular complexity index is 1110. The maximum Gasteiger partial charge on any atom is 0.255 e. The van der Waals surface area contributed by atoms with Gasteiger partial charge in [-0.25, -0.2) is 0 Å². The number of hydrogen-bond donors (Lipinski definition) is 2. The van der Waals surface area contributed by atoms with Crippen molar-refractivity contribution < 1.29 is 9.53 Å². The summed E-state index contributed by atoms with van der Waals surface area (Å²) in [7, 11) is 1.57. The molecule has 2 N–H and O–H groups in total. The average Bonchev–Trinajstić information content (AvgIpc) is 2.76. The summed E-state index contributed by atoms with van der Waals surface area (Å²) < 4.78 is 5.69. The Morgan fingerprint density at radius 1 is 1.10 bits per heavy atom. The number of rotatable bonds is 6. The second-order valence-corrected chi connectivity index (χ2v) is 8.79. The van der Waals surface area contributed by atoms with E-state index in [1.54, 1.807) is 31.5 Å². The fourth-order valence-corrected chi connectivity index (χ4v) is 3.62. The van der Waals surface area contributed by atoms with Gasteiger partial charge in [-0.3, -0.25) is 9.59 Å². The Hall–Kier alpha value is -3.34. The number of aromatic amines is 1. The van der Waals surface area contributed by atoms with Crippen molar-refractivity contribution in [3.05, 3.63) is 87.8 Å². The van der Waals surface area contributed by atoms with Crippen molar-refractivity contribution in [3.8, 4) is 16.9 Å². The molecule has 0 aliphatic carbocycles. The molecule has 0 spiro atoms. The summed E-state index contributed by atoms with van der Waals surface area (Å²) in [5.74, 6) is 0.478. The van der Waals surface area contributed by atoms with E-state index in [0.29, 0.717) is 29.0 Å². The first-order valence-electron chi connectivity index (χ1n) is 10.5. The molecule has 5 nitrogen and oxygen atoms in total. The summed E-state index contributed by atoms with van der Waals surface area (Å²) in [4.78, 5) is 28.3. The number of benzene rings is 2. The fourth-order valence-electron chi connectivity index (χ4n) is 3.62. The highest BCUT2D eigenvalue weighted by Gasteiger charge is 2.26. The minimum absolute atomic E-state index is 0.165. The van der Waals surface area contributed by atoms with Gasteiger partial charge in [-0.15, -0.1) is 0 Å². The van der Waals surface area contributed by atoms with Crippen LogP contribution in [0.4, 0.5) is 0 Å². The predicted octanol–water partition coefficient (Wildman–Crippen LogP) is 4.88. The molecule has 1 aromatic heterocycles. The molecule has 31 heavy (non-hydrogen) atoms. The molecule has 1 unspecified atom stereocenters. The number of ether oxygens (including phenoxy) is 1. The third kappa shape index (κ3) is 5.05. The van der Waals surface area contributed by atoms with Crippen LogP contribution in [-0.2, 0) is 5.41 Å². The number of methoxy groups -OCH3 is 1. The largest absolute Gasteiger partial charge is 0.496 e. The van der Waals surface area contributed by atoms with Crippen LogP contribution < -0.4 is 15.6 Å². The standard InChI is InChI=1S/C26H30N2O3/c1-17(18-10-7-6-8-11-18)16-28-25(30)21-14-19(20-12-9-13-27-24(20)29)15-22(23(21)31-5)26(2,3)4/h6-15,17H,16H2,1-5H3,(H,27,29)(H,28,30). The molecule has 5 heteroatoms. The van der Waals surface area contributed by atoms with E-state index in [1.165, 1.54) is 0 Å². The van der Waals surface area contributed by atoms with Gasteiger partial charge in [-0.05, 0) is 46.7 Å². The molecular formula is C26H30N2O3. The number of hydrogen-bond acceptors (Lipinski definition) is 3. The van der Waals surface area contributed by atoms with Crippen molar-refractivity contribution in [3.63, 3.8) is 0 Å². The molecule has 3 rings (SSSR count). The van der Waals surface area contributed by atoms with Crippen LogP contribution in [0.5, 0.6) is 5.75 Å². The van der Waals surface area contributed by atoms with Gasteiger partial charge in [0.2, 0.25) is 0 Å². The molecule has 0 bridgehead atoms. The smallest absolute Gasteiger partial charge is 0.255 e. The van der Waals surface area contributed by atoms with E-state index in [0.717, 1.165) is 11.1 Å². The van der Waals surface area contributed by atoms with Gasteiger partial charge in [0, 0.05) is 23.9 Å². The number of carbonyl (C=O) groups excluding carboxylic acids is 1. The van der Waals surface area contributed by atoms with Crippen LogP contribution in [0.1, 0.15) is 55.1 Å². The van der Waals surface area contributed by atoms with Crippen LogP contribution >= 0.6 is 0 Å². The van der Waals surface area contributed by atoms with Gasteiger partial charge in [0.15, 0.2) is 0 Å². The number of aromatic nitrogens is 1. The number of nitrogens with one attached hydrogen (secondary N) is 2. The second kappa shape index (κ2) is 9.21. The maximum atomic E-state index is 13.2. The lowest BCUT2D eigenvalue weighted by Crippen LogP contribution is -2.29. The number of pyridine rings is 1. The van der Waals surface area contributed by atoms with Gasteiger partial charge < -0.3 is 15.0 Å². The maximum absolute atomic E-state index is 13.2. The minimum atomic E-state index is -0.282. The molecule has 0 radical (unpaired) electrons. The summed E-state index contributed by atoms with van der Waals surface area (Å²) >= 11 is 0. The van der Waals surface area contributed by atoms with E-state index >= 15 is 0 Å². The highest BCUT2D eigenvalue weighted by molar-refractivity contribution is 5.99. The molecular weight excluding hydrogens is 388 g/mol. The molecule has 1 heterocycles. The summed E-state index contributed by atoms with van der Waals surface area (Å²) in [6, 6.07) is 17.3. The second-order valence-electron chi connectivity index (χ2n) is 8.79. The van der Waals surface area contributed by atoms with Gasteiger partial charge in [0.1, 0.15) is 5.75 Å². The molecule has 1 amide bonds. The lowest BCUT2D eigenvalue weighted by atomic mass is 9.83. The van der Waals surface area contributed by atoms with E-state index in [2.05, 4.69) is 50.1 Å². The summed E-state index contributed by atoms with van der Waals surface area (Å²) in [6.45, 7) is 8.75. The lowest BCUT2D eigenvalue weighted by molar-refractivity contribution is 0.0948. The van der Waals surface area contributed by atoms with Crippen LogP contribution in [0, 0.1) is 0 Å². The first-order chi connectivity index (χ1) is 14.7. The van der Waals surface area contributed by atoms with E-state index in [-0.39, 0.29) is 22.8 Å². The zero-order valence-electron chi connectivity index (χ0n) is 18.8. The van der Waals surface area contributed by atoms with Crippen molar-refractivity contribution in [1.29, 1.82) is 0 Å². The van der Waals surface area contributed by atoms with Crippen LogP contribution in [0.2, 0.25) is 0 Å². The summed E-state index contributed by atoms with van der Waals surface area (Å²) in [5.41, 5.74) is 3.18. The Kier molecular flexibility index (Phi) is 6.64. The van der Waals surface area contributed by atoms with Crippen molar-refractivity contribution in [2.75, 3.05) is 13.7 Å².